The summed E-state index contributed by atoms with van der Waals surface area (Å²) in [5.41, 5.74) is 5.30. The molecule has 0 aliphatic heterocycles. The molecular weight excluding hydrogens is 464 g/mol. The van der Waals surface area contributed by atoms with Gasteiger partial charge in [-0.2, -0.15) is 10.2 Å². The van der Waals surface area contributed by atoms with Crippen LogP contribution in [0.4, 0.5) is 0 Å². The van der Waals surface area contributed by atoms with Crippen molar-refractivity contribution in [1.29, 1.82) is 0 Å². The highest BCUT2D eigenvalue weighted by Gasteiger charge is 2.11. The molecule has 0 aliphatic carbocycles. The van der Waals surface area contributed by atoms with Crippen LogP contribution in [-0.2, 0) is 17.9 Å². The highest BCUT2D eigenvalue weighted by molar-refractivity contribution is 5.92. The van der Waals surface area contributed by atoms with E-state index in [2.05, 4.69) is 27.5 Å². The number of nitrogens with zero attached hydrogens (tertiary/aromatic N) is 5. The third-order valence-corrected chi connectivity index (χ3v) is 5.75. The fourth-order valence-electron chi connectivity index (χ4n) is 3.87. The topological polar surface area (TPSA) is 86.9 Å². The molecule has 0 atom stereocenters. The number of benzene rings is 2. The molecule has 0 bridgehead atoms. The zero-order valence-corrected chi connectivity index (χ0v) is 20.4. The number of hydrogen-bond acceptors (Lipinski definition) is 5. The lowest BCUT2D eigenvalue weighted by Gasteiger charge is -2.03. The second-order valence-corrected chi connectivity index (χ2v) is 8.36. The molecule has 0 aliphatic rings. The molecule has 0 fully saturated rings. The van der Waals surface area contributed by atoms with Crippen molar-refractivity contribution < 1.29 is 9.53 Å². The Bertz CT molecular complexity index is 1490. The first-order chi connectivity index (χ1) is 18.2. The average molecular weight is 491 g/mol. The smallest absolute Gasteiger partial charge is 0.244 e. The van der Waals surface area contributed by atoms with Crippen LogP contribution in [0.3, 0.4) is 0 Å². The number of carbonyl (C=O) groups excluding carboxylic acids is 1. The van der Waals surface area contributed by atoms with Crippen molar-refractivity contribution in [2.45, 2.75) is 13.1 Å². The summed E-state index contributed by atoms with van der Waals surface area (Å²) in [6.45, 7) is 0.944. The summed E-state index contributed by atoms with van der Waals surface area (Å²) in [5.74, 6) is 0.569. The number of rotatable bonds is 9. The maximum absolute atomic E-state index is 12.6. The fourth-order valence-corrected chi connectivity index (χ4v) is 3.87. The summed E-state index contributed by atoms with van der Waals surface area (Å²) in [7, 11) is 1.63. The number of amides is 1. The molecule has 5 aromatic rings. The van der Waals surface area contributed by atoms with Crippen LogP contribution < -0.4 is 10.1 Å². The Labute approximate surface area is 214 Å². The Morgan fingerprint density at radius 1 is 1.00 bits per heavy atom. The molecule has 184 valence electrons. The summed E-state index contributed by atoms with van der Waals surface area (Å²) < 4.78 is 8.84. The number of methoxy groups -OCH3 is 1. The molecule has 2 aromatic carbocycles. The van der Waals surface area contributed by atoms with E-state index in [1.165, 1.54) is 6.08 Å². The van der Waals surface area contributed by atoms with Gasteiger partial charge in [0.25, 0.3) is 0 Å². The van der Waals surface area contributed by atoms with Gasteiger partial charge in [0.1, 0.15) is 11.4 Å². The molecule has 0 radical (unpaired) electrons. The van der Waals surface area contributed by atoms with E-state index in [1.54, 1.807) is 30.3 Å². The monoisotopic (exact) mass is 490 g/mol. The van der Waals surface area contributed by atoms with E-state index in [1.807, 2.05) is 77.7 Å². The summed E-state index contributed by atoms with van der Waals surface area (Å²) in [4.78, 5) is 16.8. The van der Waals surface area contributed by atoms with Crippen molar-refractivity contribution >= 4 is 12.0 Å². The summed E-state index contributed by atoms with van der Waals surface area (Å²) in [6.07, 6.45) is 10.6. The molecule has 0 saturated carbocycles. The minimum Gasteiger partial charge on any atom is -0.497 e. The van der Waals surface area contributed by atoms with Gasteiger partial charge in [-0.3, -0.25) is 14.5 Å². The molecule has 0 unspecified atom stereocenters. The fraction of sp³-hybridized carbons (Fsp3) is 0.103. The average Bonchev–Trinajstić information content (AvgIpc) is 3.59. The maximum Gasteiger partial charge on any atom is 0.244 e. The predicted molar refractivity (Wildman–Crippen MR) is 142 cm³/mol. The van der Waals surface area contributed by atoms with Gasteiger partial charge in [-0.1, -0.05) is 30.3 Å². The molecule has 37 heavy (non-hydrogen) atoms. The van der Waals surface area contributed by atoms with E-state index in [9.17, 15) is 4.79 Å². The lowest BCUT2D eigenvalue weighted by Crippen LogP contribution is -2.20. The van der Waals surface area contributed by atoms with Crippen molar-refractivity contribution in [2.24, 2.45) is 0 Å². The SMILES string of the molecule is COc1ccc(-n2ccc(CNC(=O)C=Cc3cn(Cc4ccccc4)nc3-c3cccnc3)n2)cc1. The first-order valence-electron chi connectivity index (χ1n) is 11.8. The highest BCUT2D eigenvalue weighted by Crippen LogP contribution is 2.23. The third-order valence-electron chi connectivity index (χ3n) is 5.75. The maximum atomic E-state index is 12.6. The van der Waals surface area contributed by atoms with Gasteiger partial charge < -0.3 is 10.1 Å². The van der Waals surface area contributed by atoms with Crippen LogP contribution in [0.1, 0.15) is 16.8 Å². The zero-order chi connectivity index (χ0) is 25.5. The van der Waals surface area contributed by atoms with E-state index in [0.29, 0.717) is 13.1 Å². The van der Waals surface area contributed by atoms with Crippen molar-refractivity contribution in [3.8, 4) is 22.7 Å². The molecule has 0 saturated heterocycles. The van der Waals surface area contributed by atoms with Gasteiger partial charge in [0.2, 0.25) is 5.91 Å². The molecule has 8 nitrogen and oxygen atoms in total. The first-order valence-corrected chi connectivity index (χ1v) is 11.8. The van der Waals surface area contributed by atoms with Gasteiger partial charge in [0.15, 0.2) is 0 Å². The largest absolute Gasteiger partial charge is 0.497 e. The quantitative estimate of drug-likeness (QED) is 0.307. The van der Waals surface area contributed by atoms with Gasteiger partial charge in [-0.25, -0.2) is 4.68 Å². The van der Waals surface area contributed by atoms with Gasteiger partial charge in [-0.15, -0.1) is 0 Å². The minimum absolute atomic E-state index is 0.216. The van der Waals surface area contributed by atoms with Gasteiger partial charge in [-0.05, 0) is 54.1 Å². The van der Waals surface area contributed by atoms with Crippen LogP contribution in [0, 0.1) is 0 Å². The Morgan fingerprint density at radius 2 is 1.84 bits per heavy atom. The molecule has 0 spiro atoms. The number of pyridine rings is 1. The molecule has 1 amide bonds. The lowest BCUT2D eigenvalue weighted by atomic mass is 10.1. The van der Waals surface area contributed by atoms with E-state index in [4.69, 9.17) is 9.84 Å². The Morgan fingerprint density at radius 3 is 2.59 bits per heavy atom. The van der Waals surface area contributed by atoms with E-state index < -0.39 is 0 Å². The van der Waals surface area contributed by atoms with Gasteiger partial charge in [0.05, 0.1) is 31.6 Å². The van der Waals surface area contributed by atoms with E-state index in [0.717, 1.165) is 39.5 Å². The van der Waals surface area contributed by atoms with Gasteiger partial charge in [0, 0.05) is 42.0 Å². The number of carbonyl (C=O) groups is 1. The molecule has 3 heterocycles. The van der Waals surface area contributed by atoms with Crippen LogP contribution in [0.2, 0.25) is 0 Å². The van der Waals surface area contributed by atoms with Gasteiger partial charge >= 0.3 is 0 Å². The Balaban J connectivity index is 1.26. The van der Waals surface area contributed by atoms with Crippen LogP contribution in [0.5, 0.6) is 5.75 Å². The second kappa shape index (κ2) is 11.2. The number of nitrogens with one attached hydrogen (secondary N) is 1. The van der Waals surface area contributed by atoms with Crippen molar-refractivity contribution in [2.75, 3.05) is 7.11 Å². The summed E-state index contributed by atoms with van der Waals surface area (Å²) in [6, 6.07) is 23.4. The molecule has 1 N–H and O–H groups in total. The van der Waals surface area contributed by atoms with Crippen molar-refractivity contribution in [3.05, 3.63) is 120 Å². The summed E-state index contributed by atoms with van der Waals surface area (Å²) >= 11 is 0. The van der Waals surface area contributed by atoms with E-state index >= 15 is 0 Å². The highest BCUT2D eigenvalue weighted by atomic mass is 16.5. The third kappa shape index (κ3) is 5.99. The zero-order valence-electron chi connectivity index (χ0n) is 20.4. The molecule has 8 heteroatoms. The standard InChI is InChI=1S/C29H26N6O2/c1-37-27-12-10-26(11-13-27)35-17-15-25(32-35)19-31-28(36)14-9-24-21-34(20-22-6-3-2-4-7-22)33-29(24)23-8-5-16-30-18-23/h2-18,21H,19-20H2,1H3,(H,31,36). The second-order valence-electron chi connectivity index (χ2n) is 8.36. The molecule has 5 rings (SSSR count). The lowest BCUT2D eigenvalue weighted by molar-refractivity contribution is -0.116. The Hall–Kier alpha value is -4.98. The number of ether oxygens (including phenoxy) is 1. The first kappa shape index (κ1) is 23.7. The predicted octanol–water partition coefficient (Wildman–Crippen LogP) is 4.52. The Kier molecular flexibility index (Phi) is 7.17. The van der Waals surface area contributed by atoms with E-state index in [-0.39, 0.29) is 5.91 Å². The van der Waals surface area contributed by atoms with Crippen molar-refractivity contribution in [3.63, 3.8) is 0 Å². The molecular formula is C29H26N6O2. The van der Waals surface area contributed by atoms with Crippen molar-refractivity contribution in [1.82, 2.24) is 29.9 Å². The van der Waals surface area contributed by atoms with Crippen LogP contribution in [-0.4, -0.2) is 37.6 Å². The summed E-state index contributed by atoms with van der Waals surface area (Å²) in [5, 5.41) is 12.2. The van der Waals surface area contributed by atoms with Crippen LogP contribution in [0.25, 0.3) is 23.0 Å². The molecule has 3 aromatic heterocycles. The normalized spacial score (nSPS) is 11.1. The number of aromatic nitrogens is 5. The minimum atomic E-state index is -0.216. The number of hydrogen-bond donors (Lipinski definition) is 1. The van der Waals surface area contributed by atoms with Crippen LogP contribution in [0.15, 0.2) is 104 Å². The van der Waals surface area contributed by atoms with Crippen LogP contribution >= 0.6 is 0 Å².